The highest BCUT2D eigenvalue weighted by Crippen LogP contribution is 2.23. The second kappa shape index (κ2) is 5.15. The van der Waals surface area contributed by atoms with Crippen LogP contribution in [0.4, 0.5) is 0 Å². The number of esters is 1. The van der Waals surface area contributed by atoms with Crippen LogP contribution in [0, 0.1) is 0 Å². The monoisotopic (exact) mass is 218 g/mol. The lowest BCUT2D eigenvalue weighted by Crippen LogP contribution is -2.05. The van der Waals surface area contributed by atoms with Gasteiger partial charge in [0.1, 0.15) is 0 Å². The molecular formula is C14H18O2. The van der Waals surface area contributed by atoms with Crippen LogP contribution in [0.2, 0.25) is 0 Å². The molecule has 0 saturated carbocycles. The Hall–Kier alpha value is -1.31. The zero-order valence-corrected chi connectivity index (χ0v) is 9.79. The molecule has 0 saturated heterocycles. The molecule has 0 aromatic heterocycles. The van der Waals surface area contributed by atoms with Crippen molar-refractivity contribution >= 4 is 5.97 Å². The minimum atomic E-state index is -0.0944. The van der Waals surface area contributed by atoms with Crippen LogP contribution in [0.15, 0.2) is 18.2 Å². The Morgan fingerprint density at radius 3 is 2.94 bits per heavy atom. The maximum absolute atomic E-state index is 11.2. The van der Waals surface area contributed by atoms with E-state index < -0.39 is 0 Å². The fraction of sp³-hybridized carbons (Fsp3) is 0.500. The average Bonchev–Trinajstić information content (AvgIpc) is 2.74. The zero-order valence-electron chi connectivity index (χ0n) is 9.79. The third kappa shape index (κ3) is 2.63. The highest BCUT2D eigenvalue weighted by atomic mass is 16.5. The first-order valence-electron chi connectivity index (χ1n) is 6.06. The van der Waals surface area contributed by atoms with Crippen molar-refractivity contribution in [2.45, 2.75) is 39.0 Å². The fourth-order valence-electron chi connectivity index (χ4n) is 2.26. The lowest BCUT2D eigenvalue weighted by atomic mass is 10.0. The van der Waals surface area contributed by atoms with Gasteiger partial charge in [-0.25, -0.2) is 0 Å². The maximum Gasteiger partial charge on any atom is 0.306 e. The highest BCUT2D eigenvalue weighted by molar-refractivity contribution is 5.69. The van der Waals surface area contributed by atoms with E-state index in [1.54, 1.807) is 0 Å². The number of ether oxygens (including phenoxy) is 1. The largest absolute Gasteiger partial charge is 0.466 e. The van der Waals surface area contributed by atoms with Crippen molar-refractivity contribution in [3.63, 3.8) is 0 Å². The Balaban J connectivity index is 1.93. The summed E-state index contributed by atoms with van der Waals surface area (Å²) in [7, 11) is 0. The third-order valence-corrected chi connectivity index (χ3v) is 3.09. The van der Waals surface area contributed by atoms with Gasteiger partial charge in [-0.1, -0.05) is 18.2 Å². The minimum absolute atomic E-state index is 0.0944. The third-order valence-electron chi connectivity index (χ3n) is 3.09. The van der Waals surface area contributed by atoms with E-state index >= 15 is 0 Å². The Bertz CT molecular complexity index is 382. The van der Waals surface area contributed by atoms with Crippen LogP contribution in [0.25, 0.3) is 0 Å². The van der Waals surface area contributed by atoms with Crippen molar-refractivity contribution in [2.75, 3.05) is 6.61 Å². The van der Waals surface area contributed by atoms with Crippen molar-refractivity contribution in [1.29, 1.82) is 0 Å². The van der Waals surface area contributed by atoms with Crippen LogP contribution < -0.4 is 0 Å². The first kappa shape index (κ1) is 11.2. The van der Waals surface area contributed by atoms with E-state index in [4.69, 9.17) is 4.74 Å². The number of hydrogen-bond acceptors (Lipinski definition) is 2. The molecule has 0 heterocycles. The van der Waals surface area contributed by atoms with Gasteiger partial charge in [-0.05, 0) is 49.3 Å². The summed E-state index contributed by atoms with van der Waals surface area (Å²) in [5.41, 5.74) is 4.22. The van der Waals surface area contributed by atoms with E-state index in [9.17, 15) is 4.79 Å². The zero-order chi connectivity index (χ0) is 11.4. The first-order chi connectivity index (χ1) is 7.79. The van der Waals surface area contributed by atoms with Gasteiger partial charge in [0.25, 0.3) is 0 Å². The van der Waals surface area contributed by atoms with Crippen molar-refractivity contribution < 1.29 is 9.53 Å². The number of rotatable bonds is 4. The van der Waals surface area contributed by atoms with E-state index in [-0.39, 0.29) is 5.97 Å². The molecule has 1 aromatic carbocycles. The summed E-state index contributed by atoms with van der Waals surface area (Å²) in [4.78, 5) is 11.2. The number of fused-ring (bicyclic) bond motifs is 1. The molecule has 0 fully saturated rings. The van der Waals surface area contributed by atoms with Gasteiger partial charge in [-0.3, -0.25) is 4.79 Å². The molecule has 0 radical (unpaired) electrons. The number of aryl methyl sites for hydroxylation is 3. The average molecular weight is 218 g/mol. The molecule has 0 amide bonds. The maximum atomic E-state index is 11.2. The summed E-state index contributed by atoms with van der Waals surface area (Å²) in [6.45, 7) is 2.32. The summed E-state index contributed by atoms with van der Waals surface area (Å²) in [5, 5.41) is 0. The summed E-state index contributed by atoms with van der Waals surface area (Å²) < 4.78 is 4.92. The SMILES string of the molecule is CCOC(=O)CCc1ccc2c(c1)CCC2. The molecule has 0 atom stereocenters. The van der Waals surface area contributed by atoms with Gasteiger partial charge in [0.2, 0.25) is 0 Å². The van der Waals surface area contributed by atoms with Crippen LogP contribution >= 0.6 is 0 Å². The predicted molar refractivity (Wildman–Crippen MR) is 63.4 cm³/mol. The standard InChI is InChI=1S/C14H18O2/c1-2-16-14(15)9-7-11-6-8-12-4-3-5-13(12)10-11/h6,8,10H,2-5,7,9H2,1H3. The molecule has 1 aromatic rings. The fourth-order valence-corrected chi connectivity index (χ4v) is 2.26. The molecule has 0 N–H and O–H groups in total. The summed E-state index contributed by atoms with van der Waals surface area (Å²) in [6.07, 6.45) is 4.98. The Kier molecular flexibility index (Phi) is 3.60. The molecule has 86 valence electrons. The molecule has 2 nitrogen and oxygen atoms in total. The summed E-state index contributed by atoms with van der Waals surface area (Å²) >= 11 is 0. The van der Waals surface area contributed by atoms with Gasteiger partial charge in [0.05, 0.1) is 6.61 Å². The van der Waals surface area contributed by atoms with Crippen LogP contribution in [-0.2, 0) is 28.8 Å². The number of hydrogen-bond donors (Lipinski definition) is 0. The molecule has 16 heavy (non-hydrogen) atoms. The van der Waals surface area contributed by atoms with E-state index in [1.165, 1.54) is 36.0 Å². The van der Waals surface area contributed by atoms with Crippen molar-refractivity contribution in [3.8, 4) is 0 Å². The van der Waals surface area contributed by atoms with Gasteiger partial charge in [0, 0.05) is 6.42 Å². The molecule has 0 bridgehead atoms. The molecule has 1 aliphatic rings. The molecule has 0 spiro atoms. The van der Waals surface area contributed by atoms with Crippen LogP contribution in [-0.4, -0.2) is 12.6 Å². The smallest absolute Gasteiger partial charge is 0.306 e. The quantitative estimate of drug-likeness (QED) is 0.726. The van der Waals surface area contributed by atoms with Crippen LogP contribution in [0.5, 0.6) is 0 Å². The molecule has 2 heteroatoms. The van der Waals surface area contributed by atoms with Crippen LogP contribution in [0.1, 0.15) is 36.5 Å². The Labute approximate surface area is 96.6 Å². The van der Waals surface area contributed by atoms with E-state index in [2.05, 4.69) is 18.2 Å². The summed E-state index contributed by atoms with van der Waals surface area (Å²) in [6, 6.07) is 6.60. The lowest BCUT2D eigenvalue weighted by molar-refractivity contribution is -0.143. The summed E-state index contributed by atoms with van der Waals surface area (Å²) in [5.74, 6) is -0.0944. The minimum Gasteiger partial charge on any atom is -0.466 e. The molecule has 0 aliphatic heterocycles. The van der Waals surface area contributed by atoms with Gasteiger partial charge >= 0.3 is 5.97 Å². The number of carbonyl (C=O) groups is 1. The van der Waals surface area contributed by atoms with Crippen molar-refractivity contribution in [1.82, 2.24) is 0 Å². The highest BCUT2D eigenvalue weighted by Gasteiger charge is 2.11. The topological polar surface area (TPSA) is 26.3 Å². The lowest BCUT2D eigenvalue weighted by Gasteiger charge is -2.05. The molecule has 1 aliphatic carbocycles. The van der Waals surface area contributed by atoms with Crippen molar-refractivity contribution in [2.24, 2.45) is 0 Å². The van der Waals surface area contributed by atoms with E-state index in [0.29, 0.717) is 13.0 Å². The van der Waals surface area contributed by atoms with Crippen molar-refractivity contribution in [3.05, 3.63) is 34.9 Å². The Morgan fingerprint density at radius 2 is 2.12 bits per heavy atom. The molecule has 2 rings (SSSR count). The second-order valence-electron chi connectivity index (χ2n) is 4.26. The van der Waals surface area contributed by atoms with Gasteiger partial charge in [-0.2, -0.15) is 0 Å². The molecule has 0 unspecified atom stereocenters. The Morgan fingerprint density at radius 1 is 1.31 bits per heavy atom. The van der Waals surface area contributed by atoms with Gasteiger partial charge in [0.15, 0.2) is 0 Å². The predicted octanol–water partition coefficient (Wildman–Crippen LogP) is 2.67. The first-order valence-corrected chi connectivity index (χ1v) is 6.06. The van der Waals surface area contributed by atoms with Gasteiger partial charge < -0.3 is 4.74 Å². The number of benzene rings is 1. The van der Waals surface area contributed by atoms with E-state index in [0.717, 1.165) is 6.42 Å². The van der Waals surface area contributed by atoms with Crippen LogP contribution in [0.3, 0.4) is 0 Å². The normalized spacial score (nSPS) is 13.6. The van der Waals surface area contributed by atoms with Gasteiger partial charge in [-0.15, -0.1) is 0 Å². The molecular weight excluding hydrogens is 200 g/mol. The number of carbonyl (C=O) groups excluding carboxylic acids is 1. The van der Waals surface area contributed by atoms with E-state index in [1.807, 2.05) is 6.92 Å². The second-order valence-corrected chi connectivity index (χ2v) is 4.26.